The molecule has 6 nitrogen and oxygen atoms in total. The monoisotopic (exact) mass is 929 g/mol. The van der Waals surface area contributed by atoms with Gasteiger partial charge in [-0.3, -0.25) is 14.4 Å². The van der Waals surface area contributed by atoms with Crippen molar-refractivity contribution in [2.45, 2.75) is 329 Å². The fourth-order valence-electron chi connectivity index (χ4n) is 8.77. The van der Waals surface area contributed by atoms with Crippen molar-refractivity contribution in [3.63, 3.8) is 0 Å². The first-order valence-electron chi connectivity index (χ1n) is 29.3. The van der Waals surface area contributed by atoms with Gasteiger partial charge in [-0.15, -0.1) is 0 Å². The van der Waals surface area contributed by atoms with Gasteiger partial charge in [0.15, 0.2) is 6.10 Å². The summed E-state index contributed by atoms with van der Waals surface area (Å²) in [5.41, 5.74) is 0. The zero-order valence-electron chi connectivity index (χ0n) is 44.5. The molecule has 0 saturated heterocycles. The molecule has 0 aliphatic rings. The summed E-state index contributed by atoms with van der Waals surface area (Å²) in [5, 5.41) is 0. The van der Waals surface area contributed by atoms with Crippen molar-refractivity contribution in [1.82, 2.24) is 0 Å². The van der Waals surface area contributed by atoms with Gasteiger partial charge in [0.1, 0.15) is 13.2 Å². The molecule has 6 heteroatoms. The van der Waals surface area contributed by atoms with E-state index in [0.29, 0.717) is 19.3 Å². The smallest absolute Gasteiger partial charge is 0.306 e. The van der Waals surface area contributed by atoms with E-state index in [1.807, 2.05) is 0 Å². The van der Waals surface area contributed by atoms with Crippen LogP contribution in [0.2, 0.25) is 0 Å². The van der Waals surface area contributed by atoms with Crippen molar-refractivity contribution in [2.24, 2.45) is 0 Å². The molecule has 1 unspecified atom stereocenters. The predicted molar refractivity (Wildman–Crippen MR) is 284 cm³/mol. The van der Waals surface area contributed by atoms with E-state index in [0.717, 1.165) is 64.2 Å². The summed E-state index contributed by atoms with van der Waals surface area (Å²) in [6.07, 6.45) is 64.9. The fraction of sp³-hybridized carbons (Fsp3) is 0.883. The van der Waals surface area contributed by atoms with Crippen LogP contribution in [0.15, 0.2) is 24.3 Å². The van der Waals surface area contributed by atoms with Crippen molar-refractivity contribution in [3.05, 3.63) is 24.3 Å². The Balaban J connectivity index is 4.08. The summed E-state index contributed by atoms with van der Waals surface area (Å²) in [7, 11) is 0. The van der Waals surface area contributed by atoms with E-state index in [4.69, 9.17) is 14.2 Å². The molecule has 0 N–H and O–H groups in total. The van der Waals surface area contributed by atoms with Gasteiger partial charge in [-0.2, -0.15) is 0 Å². The highest BCUT2D eigenvalue weighted by Gasteiger charge is 2.19. The molecule has 0 spiro atoms. The van der Waals surface area contributed by atoms with Crippen LogP contribution in [-0.2, 0) is 28.6 Å². The van der Waals surface area contributed by atoms with Gasteiger partial charge < -0.3 is 14.2 Å². The Bertz CT molecular complexity index is 1070. The maximum absolute atomic E-state index is 12.8. The minimum Gasteiger partial charge on any atom is -0.462 e. The van der Waals surface area contributed by atoms with Gasteiger partial charge >= 0.3 is 17.9 Å². The number of ether oxygens (including phenoxy) is 3. The van der Waals surface area contributed by atoms with Crippen molar-refractivity contribution < 1.29 is 28.6 Å². The van der Waals surface area contributed by atoms with Crippen LogP contribution < -0.4 is 0 Å². The molecule has 0 aromatic heterocycles. The van der Waals surface area contributed by atoms with Crippen LogP contribution in [0.3, 0.4) is 0 Å². The highest BCUT2D eigenvalue weighted by Crippen LogP contribution is 2.17. The standard InChI is InChI=1S/C60H112O6/c1-4-7-10-13-16-18-20-22-24-26-28-29-30-31-33-34-36-38-40-42-44-47-50-53-59(62)65-56-57(55-64-58(61)52-49-46-15-12-9-6-3)66-60(63)54-51-48-45-43-41-39-37-35-32-27-25-23-21-19-17-14-11-8-5-2/h17,19,23,25,57H,4-16,18,20-22,24,26-56H2,1-3H3/b19-17-,25-23-. The minimum absolute atomic E-state index is 0.0684. The number of carbonyl (C=O) groups excluding carboxylic acids is 3. The second-order valence-electron chi connectivity index (χ2n) is 19.9. The predicted octanol–water partition coefficient (Wildman–Crippen LogP) is 19.5. The number of esters is 3. The molecule has 0 fully saturated rings. The fourth-order valence-corrected chi connectivity index (χ4v) is 8.77. The van der Waals surface area contributed by atoms with Crippen LogP contribution in [-0.4, -0.2) is 37.2 Å². The maximum atomic E-state index is 12.8. The third-order valence-corrected chi connectivity index (χ3v) is 13.2. The van der Waals surface area contributed by atoms with Gasteiger partial charge in [0, 0.05) is 19.3 Å². The first-order valence-corrected chi connectivity index (χ1v) is 29.3. The molecule has 0 rings (SSSR count). The Morgan fingerprint density at radius 2 is 0.545 bits per heavy atom. The van der Waals surface area contributed by atoms with E-state index in [-0.39, 0.29) is 31.1 Å². The SMILES string of the molecule is CCCCC/C=C\C/C=C\CCCCCCCCCCCC(=O)OC(COC(=O)CCCCCCCC)COC(=O)CCCCCCCCCCCCCCCCCCCCCCCCC. The highest BCUT2D eigenvalue weighted by atomic mass is 16.6. The second kappa shape index (κ2) is 55.5. The topological polar surface area (TPSA) is 78.9 Å². The summed E-state index contributed by atoms with van der Waals surface area (Å²) >= 11 is 0. The van der Waals surface area contributed by atoms with Crippen molar-refractivity contribution in [3.8, 4) is 0 Å². The Labute approximate surface area is 411 Å². The van der Waals surface area contributed by atoms with Gasteiger partial charge in [0.05, 0.1) is 0 Å². The molecular weight excluding hydrogens is 817 g/mol. The van der Waals surface area contributed by atoms with E-state index in [2.05, 4.69) is 45.1 Å². The molecule has 0 bridgehead atoms. The first-order chi connectivity index (χ1) is 32.5. The Morgan fingerprint density at radius 1 is 0.303 bits per heavy atom. The van der Waals surface area contributed by atoms with Crippen LogP contribution in [0.4, 0.5) is 0 Å². The second-order valence-corrected chi connectivity index (χ2v) is 19.9. The molecule has 0 aliphatic carbocycles. The van der Waals surface area contributed by atoms with Gasteiger partial charge in [-0.25, -0.2) is 0 Å². The third-order valence-electron chi connectivity index (χ3n) is 13.2. The van der Waals surface area contributed by atoms with Crippen LogP contribution in [0, 0.1) is 0 Å². The van der Waals surface area contributed by atoms with Crippen LogP contribution in [0.5, 0.6) is 0 Å². The Hall–Kier alpha value is -2.11. The van der Waals surface area contributed by atoms with E-state index in [1.54, 1.807) is 0 Å². The lowest BCUT2D eigenvalue weighted by Gasteiger charge is -2.18. The number of unbranched alkanes of at least 4 members (excludes halogenated alkanes) is 39. The average molecular weight is 930 g/mol. The minimum atomic E-state index is -0.767. The number of hydrogen-bond donors (Lipinski definition) is 0. The van der Waals surface area contributed by atoms with Crippen LogP contribution >= 0.6 is 0 Å². The van der Waals surface area contributed by atoms with Gasteiger partial charge in [0.2, 0.25) is 0 Å². The van der Waals surface area contributed by atoms with E-state index in [1.165, 1.54) is 218 Å². The quantitative estimate of drug-likeness (QED) is 0.0262. The van der Waals surface area contributed by atoms with E-state index >= 15 is 0 Å². The third kappa shape index (κ3) is 52.9. The summed E-state index contributed by atoms with van der Waals surface area (Å²) in [6.45, 7) is 6.60. The number of rotatable bonds is 54. The Morgan fingerprint density at radius 3 is 0.864 bits per heavy atom. The highest BCUT2D eigenvalue weighted by molar-refractivity contribution is 5.71. The first kappa shape index (κ1) is 63.9. The summed E-state index contributed by atoms with van der Waals surface area (Å²) in [6, 6.07) is 0. The van der Waals surface area contributed by atoms with Gasteiger partial charge in [-0.1, -0.05) is 276 Å². The summed E-state index contributed by atoms with van der Waals surface area (Å²) in [5.74, 6) is -0.864. The average Bonchev–Trinajstić information content (AvgIpc) is 3.31. The molecule has 0 radical (unpaired) electrons. The molecular formula is C60H112O6. The molecule has 388 valence electrons. The zero-order valence-corrected chi connectivity index (χ0v) is 44.5. The molecule has 0 aliphatic heterocycles. The molecule has 0 aromatic carbocycles. The normalized spacial score (nSPS) is 12.1. The number of hydrogen-bond acceptors (Lipinski definition) is 6. The van der Waals surface area contributed by atoms with Crippen molar-refractivity contribution in [2.75, 3.05) is 13.2 Å². The largest absolute Gasteiger partial charge is 0.462 e. The summed E-state index contributed by atoms with van der Waals surface area (Å²) in [4.78, 5) is 37.9. The lowest BCUT2D eigenvalue weighted by Crippen LogP contribution is -2.30. The molecule has 1 atom stereocenters. The molecule has 0 saturated carbocycles. The maximum Gasteiger partial charge on any atom is 0.306 e. The van der Waals surface area contributed by atoms with Crippen molar-refractivity contribution >= 4 is 17.9 Å². The number of allylic oxidation sites excluding steroid dienone is 4. The van der Waals surface area contributed by atoms with Crippen LogP contribution in [0.1, 0.15) is 323 Å². The lowest BCUT2D eigenvalue weighted by molar-refractivity contribution is -0.167. The van der Waals surface area contributed by atoms with Crippen LogP contribution in [0.25, 0.3) is 0 Å². The molecule has 66 heavy (non-hydrogen) atoms. The van der Waals surface area contributed by atoms with Gasteiger partial charge in [0.25, 0.3) is 0 Å². The molecule has 0 heterocycles. The van der Waals surface area contributed by atoms with E-state index in [9.17, 15) is 14.4 Å². The molecule has 0 aromatic rings. The zero-order chi connectivity index (χ0) is 47.9. The molecule has 0 amide bonds. The summed E-state index contributed by atoms with van der Waals surface area (Å²) < 4.78 is 16.8. The van der Waals surface area contributed by atoms with Gasteiger partial charge in [-0.05, 0) is 51.4 Å². The van der Waals surface area contributed by atoms with Crippen molar-refractivity contribution in [1.29, 1.82) is 0 Å². The number of carbonyl (C=O) groups is 3. The lowest BCUT2D eigenvalue weighted by atomic mass is 10.0. The Kier molecular flexibility index (Phi) is 53.7. The van der Waals surface area contributed by atoms with E-state index < -0.39 is 6.10 Å².